The molecule has 0 saturated carbocycles. The van der Waals surface area contributed by atoms with E-state index in [2.05, 4.69) is 0 Å². The minimum atomic E-state index is -0.0653. The van der Waals surface area contributed by atoms with Gasteiger partial charge >= 0.3 is 0 Å². The maximum atomic E-state index is 12.9. The summed E-state index contributed by atoms with van der Waals surface area (Å²) in [5.74, 6) is 1.10. The third-order valence-corrected chi connectivity index (χ3v) is 4.17. The van der Waals surface area contributed by atoms with Crippen LogP contribution in [0, 0.1) is 0 Å². The second-order valence-corrected chi connectivity index (χ2v) is 5.34. The summed E-state index contributed by atoms with van der Waals surface area (Å²) in [5, 5.41) is 0. The summed E-state index contributed by atoms with van der Waals surface area (Å²) < 4.78 is 15.9. The van der Waals surface area contributed by atoms with Crippen molar-refractivity contribution < 1.29 is 19.0 Å². The monoisotopic (exact) mass is 344 g/mol. The molecule has 1 aromatic rings. The highest BCUT2D eigenvalue weighted by Crippen LogP contribution is 2.28. The first kappa shape index (κ1) is 19.5. The summed E-state index contributed by atoms with van der Waals surface area (Å²) in [6.07, 6.45) is 1.74. The summed E-state index contributed by atoms with van der Waals surface area (Å²) in [6, 6.07) is 5.19. The van der Waals surface area contributed by atoms with Gasteiger partial charge in [-0.15, -0.1) is 12.4 Å². The third kappa shape index (κ3) is 4.28. The highest BCUT2D eigenvalue weighted by Gasteiger charge is 2.32. The number of nitrogens with two attached hydrogens (primary N) is 1. The van der Waals surface area contributed by atoms with Gasteiger partial charge in [-0.05, 0) is 25.0 Å². The van der Waals surface area contributed by atoms with E-state index in [1.165, 1.54) is 0 Å². The van der Waals surface area contributed by atoms with Crippen LogP contribution in [0.25, 0.3) is 0 Å². The van der Waals surface area contributed by atoms with Crippen molar-refractivity contribution in [1.29, 1.82) is 0 Å². The van der Waals surface area contributed by atoms with E-state index >= 15 is 0 Å². The van der Waals surface area contributed by atoms with E-state index in [1.54, 1.807) is 39.5 Å². The second-order valence-electron chi connectivity index (χ2n) is 5.34. The lowest BCUT2D eigenvalue weighted by atomic mass is 9.98. The molecule has 130 valence electrons. The molecule has 1 fully saturated rings. The number of hydrogen-bond donors (Lipinski definition) is 1. The van der Waals surface area contributed by atoms with E-state index < -0.39 is 0 Å². The van der Waals surface area contributed by atoms with Crippen LogP contribution in [0.3, 0.4) is 0 Å². The zero-order valence-electron chi connectivity index (χ0n) is 13.8. The Labute approximate surface area is 143 Å². The zero-order valence-corrected chi connectivity index (χ0v) is 14.6. The van der Waals surface area contributed by atoms with Crippen LogP contribution in [-0.2, 0) is 4.74 Å². The number of ether oxygens (including phenoxy) is 3. The normalized spacial score (nSPS) is 20.6. The molecule has 6 nitrogen and oxygen atoms in total. The number of hydrogen-bond acceptors (Lipinski definition) is 5. The van der Waals surface area contributed by atoms with E-state index in [1.807, 2.05) is 4.90 Å². The van der Waals surface area contributed by atoms with Crippen molar-refractivity contribution in [2.45, 2.75) is 25.0 Å². The molecule has 0 spiro atoms. The molecule has 0 aromatic heterocycles. The lowest BCUT2D eigenvalue weighted by molar-refractivity contribution is 0.0137. The van der Waals surface area contributed by atoms with Gasteiger partial charge in [-0.25, -0.2) is 0 Å². The Bertz CT molecular complexity index is 527. The van der Waals surface area contributed by atoms with Gasteiger partial charge in [0.15, 0.2) is 0 Å². The van der Waals surface area contributed by atoms with E-state index in [0.717, 1.165) is 12.8 Å². The number of piperidine rings is 1. The first-order chi connectivity index (χ1) is 10.6. The molecule has 1 aliphatic rings. The van der Waals surface area contributed by atoms with Crippen molar-refractivity contribution in [1.82, 2.24) is 4.90 Å². The van der Waals surface area contributed by atoms with Crippen molar-refractivity contribution in [3.8, 4) is 11.5 Å². The summed E-state index contributed by atoms with van der Waals surface area (Å²) in [4.78, 5) is 14.7. The van der Waals surface area contributed by atoms with E-state index in [9.17, 15) is 4.79 Å². The molecule has 0 radical (unpaired) electrons. The Morgan fingerprint density at radius 2 is 2.04 bits per heavy atom. The van der Waals surface area contributed by atoms with Gasteiger partial charge in [-0.1, -0.05) is 0 Å². The average molecular weight is 345 g/mol. The van der Waals surface area contributed by atoms with Crippen LogP contribution in [0.15, 0.2) is 18.2 Å². The molecular formula is C16H25ClN2O4. The Morgan fingerprint density at radius 1 is 1.30 bits per heavy atom. The number of nitrogens with zero attached hydrogens (tertiary/aromatic N) is 1. The highest BCUT2D eigenvalue weighted by atomic mass is 35.5. The molecule has 0 bridgehead atoms. The molecule has 2 unspecified atom stereocenters. The fourth-order valence-electron chi connectivity index (χ4n) is 2.85. The van der Waals surface area contributed by atoms with Crippen molar-refractivity contribution >= 4 is 18.3 Å². The maximum absolute atomic E-state index is 12.9. The first-order valence-electron chi connectivity index (χ1n) is 7.40. The molecule has 1 heterocycles. The lowest BCUT2D eigenvalue weighted by Gasteiger charge is -2.38. The molecule has 7 heteroatoms. The number of rotatable bonds is 5. The van der Waals surface area contributed by atoms with Crippen LogP contribution in [-0.4, -0.2) is 57.4 Å². The summed E-state index contributed by atoms with van der Waals surface area (Å²) in [6.45, 7) is 1.05. The molecule has 23 heavy (non-hydrogen) atoms. The fourth-order valence-corrected chi connectivity index (χ4v) is 2.85. The molecule has 0 aliphatic carbocycles. The number of benzene rings is 1. The van der Waals surface area contributed by atoms with Crippen molar-refractivity contribution in [2.75, 3.05) is 34.4 Å². The minimum Gasteiger partial charge on any atom is -0.497 e. The van der Waals surface area contributed by atoms with Crippen LogP contribution >= 0.6 is 12.4 Å². The first-order valence-corrected chi connectivity index (χ1v) is 7.40. The van der Waals surface area contributed by atoms with Crippen molar-refractivity contribution in [3.63, 3.8) is 0 Å². The summed E-state index contributed by atoms with van der Waals surface area (Å²) >= 11 is 0. The molecule has 2 N–H and O–H groups in total. The van der Waals surface area contributed by atoms with Gasteiger partial charge in [0.25, 0.3) is 5.91 Å². The predicted octanol–water partition coefficient (Wildman–Crippen LogP) is 1.70. The molecule has 1 aromatic carbocycles. The molecule has 1 aliphatic heterocycles. The molecular weight excluding hydrogens is 320 g/mol. The van der Waals surface area contributed by atoms with Crippen LogP contribution in [0.1, 0.15) is 23.2 Å². The van der Waals surface area contributed by atoms with Gasteiger partial charge in [0.1, 0.15) is 11.5 Å². The third-order valence-electron chi connectivity index (χ3n) is 4.17. The highest BCUT2D eigenvalue weighted by molar-refractivity contribution is 5.97. The van der Waals surface area contributed by atoms with Gasteiger partial charge in [0.05, 0.1) is 25.9 Å². The maximum Gasteiger partial charge on any atom is 0.257 e. The fraction of sp³-hybridized carbons (Fsp3) is 0.562. The Hall–Kier alpha value is -1.50. The van der Waals surface area contributed by atoms with E-state index in [-0.39, 0.29) is 30.5 Å². The Morgan fingerprint density at radius 3 is 2.61 bits per heavy atom. The largest absolute Gasteiger partial charge is 0.497 e. The Kier molecular flexibility index (Phi) is 7.61. The number of amides is 1. The number of likely N-dealkylation sites (tertiary alicyclic amines) is 1. The average Bonchev–Trinajstić information content (AvgIpc) is 2.59. The van der Waals surface area contributed by atoms with Crippen molar-refractivity contribution in [2.24, 2.45) is 5.73 Å². The standard InChI is InChI=1S/C16H24N2O4.ClH/c1-20-12-4-5-14(15(9-12)22-3)16(19)18-7-6-13(21-2)8-11(18)10-17;/h4-5,9,11,13H,6-8,10,17H2,1-3H3;1H. The number of methoxy groups -OCH3 is 3. The van der Waals surface area contributed by atoms with Gasteiger partial charge in [-0.2, -0.15) is 0 Å². The molecule has 2 rings (SSSR count). The smallest absolute Gasteiger partial charge is 0.257 e. The molecule has 1 saturated heterocycles. The van der Waals surface area contributed by atoms with Gasteiger partial charge < -0.3 is 24.8 Å². The minimum absolute atomic E-state index is 0. The summed E-state index contributed by atoms with van der Waals surface area (Å²) in [5.41, 5.74) is 6.37. The Balaban J connectivity index is 0.00000264. The van der Waals surface area contributed by atoms with E-state index in [0.29, 0.717) is 30.2 Å². The van der Waals surface area contributed by atoms with Crippen LogP contribution in [0.2, 0.25) is 0 Å². The van der Waals surface area contributed by atoms with Crippen LogP contribution in [0.4, 0.5) is 0 Å². The van der Waals surface area contributed by atoms with Crippen molar-refractivity contribution in [3.05, 3.63) is 23.8 Å². The molecule has 1 amide bonds. The molecule has 2 atom stereocenters. The zero-order chi connectivity index (χ0) is 16.1. The quantitative estimate of drug-likeness (QED) is 0.880. The summed E-state index contributed by atoms with van der Waals surface area (Å²) in [7, 11) is 4.82. The number of halogens is 1. The van der Waals surface area contributed by atoms with Crippen LogP contribution in [0.5, 0.6) is 11.5 Å². The van der Waals surface area contributed by atoms with Gasteiger partial charge in [0, 0.05) is 32.3 Å². The SMILES string of the molecule is COc1ccc(C(=O)N2CCC(OC)CC2CN)c(OC)c1.Cl. The topological polar surface area (TPSA) is 74.0 Å². The number of carbonyl (C=O) groups is 1. The predicted molar refractivity (Wildman–Crippen MR) is 90.7 cm³/mol. The van der Waals surface area contributed by atoms with E-state index in [4.69, 9.17) is 19.9 Å². The second kappa shape index (κ2) is 8.96. The van der Waals surface area contributed by atoms with Crippen LogP contribution < -0.4 is 15.2 Å². The number of carbonyl (C=O) groups excluding carboxylic acids is 1. The van der Waals surface area contributed by atoms with Gasteiger partial charge in [0.2, 0.25) is 0 Å². The lowest BCUT2D eigenvalue weighted by Crippen LogP contribution is -2.51. The van der Waals surface area contributed by atoms with Gasteiger partial charge in [-0.3, -0.25) is 4.79 Å².